The standard InChI is InChI=1S/C14H30N2O/c1-4-6-11-17-12-7-9-16-10-8-15-14(3,5-2)13-16/h15H,4-13H2,1-3H3. The van der Waals surface area contributed by atoms with Crippen molar-refractivity contribution in [2.45, 2.75) is 52.0 Å². The molecule has 1 fully saturated rings. The Bertz CT molecular complexity index is 199. The van der Waals surface area contributed by atoms with E-state index in [-0.39, 0.29) is 0 Å². The van der Waals surface area contributed by atoms with Gasteiger partial charge in [0.15, 0.2) is 0 Å². The van der Waals surface area contributed by atoms with Gasteiger partial charge in [0, 0.05) is 44.9 Å². The van der Waals surface area contributed by atoms with Crippen molar-refractivity contribution in [1.29, 1.82) is 0 Å². The van der Waals surface area contributed by atoms with Gasteiger partial charge in [-0.1, -0.05) is 20.3 Å². The molecular weight excluding hydrogens is 212 g/mol. The van der Waals surface area contributed by atoms with Crippen LogP contribution in [0.1, 0.15) is 46.5 Å². The Labute approximate surface area is 107 Å². The molecule has 0 aromatic rings. The molecule has 17 heavy (non-hydrogen) atoms. The van der Waals surface area contributed by atoms with Gasteiger partial charge in [0.05, 0.1) is 0 Å². The van der Waals surface area contributed by atoms with Gasteiger partial charge in [-0.05, 0) is 26.2 Å². The van der Waals surface area contributed by atoms with Gasteiger partial charge in [-0.3, -0.25) is 0 Å². The Morgan fingerprint density at radius 3 is 2.71 bits per heavy atom. The molecule has 102 valence electrons. The van der Waals surface area contributed by atoms with Gasteiger partial charge in [-0.15, -0.1) is 0 Å². The highest BCUT2D eigenvalue weighted by atomic mass is 16.5. The molecule has 1 aliphatic heterocycles. The fourth-order valence-electron chi connectivity index (χ4n) is 2.31. The van der Waals surface area contributed by atoms with E-state index in [1.165, 1.54) is 45.3 Å². The zero-order valence-corrected chi connectivity index (χ0v) is 11.9. The van der Waals surface area contributed by atoms with Gasteiger partial charge in [-0.2, -0.15) is 0 Å². The van der Waals surface area contributed by atoms with Gasteiger partial charge in [0.1, 0.15) is 0 Å². The van der Waals surface area contributed by atoms with Crippen LogP contribution in [-0.2, 0) is 4.74 Å². The summed E-state index contributed by atoms with van der Waals surface area (Å²) >= 11 is 0. The van der Waals surface area contributed by atoms with Crippen LogP contribution in [0.4, 0.5) is 0 Å². The highest BCUT2D eigenvalue weighted by molar-refractivity contribution is 4.89. The van der Waals surface area contributed by atoms with Gasteiger partial charge in [-0.25, -0.2) is 0 Å². The van der Waals surface area contributed by atoms with Gasteiger partial charge >= 0.3 is 0 Å². The average molecular weight is 242 g/mol. The number of nitrogens with zero attached hydrogens (tertiary/aromatic N) is 1. The highest BCUT2D eigenvalue weighted by Crippen LogP contribution is 2.15. The van der Waals surface area contributed by atoms with Crippen LogP contribution in [0, 0.1) is 0 Å². The molecule has 1 unspecified atom stereocenters. The van der Waals surface area contributed by atoms with Gasteiger partial charge in [0.2, 0.25) is 0 Å². The van der Waals surface area contributed by atoms with Crippen molar-refractivity contribution in [3.63, 3.8) is 0 Å². The van der Waals surface area contributed by atoms with E-state index in [1.807, 2.05) is 0 Å². The number of piperazine rings is 1. The minimum atomic E-state index is 0.321. The molecule has 0 bridgehead atoms. The molecule has 3 heteroatoms. The van der Waals surface area contributed by atoms with E-state index in [2.05, 4.69) is 31.0 Å². The lowest BCUT2D eigenvalue weighted by Crippen LogP contribution is -2.58. The lowest BCUT2D eigenvalue weighted by atomic mass is 9.96. The third kappa shape index (κ3) is 5.84. The zero-order valence-electron chi connectivity index (χ0n) is 11.9. The van der Waals surface area contributed by atoms with E-state index in [9.17, 15) is 0 Å². The lowest BCUT2D eigenvalue weighted by Gasteiger charge is -2.41. The summed E-state index contributed by atoms with van der Waals surface area (Å²) in [5, 5.41) is 3.62. The Morgan fingerprint density at radius 1 is 1.24 bits per heavy atom. The fourth-order valence-corrected chi connectivity index (χ4v) is 2.31. The minimum absolute atomic E-state index is 0.321. The average Bonchev–Trinajstić information content (AvgIpc) is 2.34. The summed E-state index contributed by atoms with van der Waals surface area (Å²) in [6.45, 7) is 13.3. The summed E-state index contributed by atoms with van der Waals surface area (Å²) < 4.78 is 5.60. The quantitative estimate of drug-likeness (QED) is 0.661. The van der Waals surface area contributed by atoms with Crippen LogP contribution in [0.2, 0.25) is 0 Å². The second-order valence-corrected chi connectivity index (χ2v) is 5.44. The third-order valence-electron chi connectivity index (χ3n) is 3.74. The summed E-state index contributed by atoms with van der Waals surface area (Å²) in [6.07, 6.45) is 4.80. The predicted octanol–water partition coefficient (Wildman–Crippen LogP) is 2.27. The second kappa shape index (κ2) is 8.06. The fraction of sp³-hybridized carbons (Fsp3) is 1.00. The molecule has 1 N–H and O–H groups in total. The molecule has 0 aromatic carbocycles. The second-order valence-electron chi connectivity index (χ2n) is 5.44. The zero-order chi connectivity index (χ0) is 12.6. The van der Waals surface area contributed by atoms with E-state index >= 15 is 0 Å². The van der Waals surface area contributed by atoms with Crippen LogP contribution in [0.3, 0.4) is 0 Å². The molecule has 0 aliphatic carbocycles. The van der Waals surface area contributed by atoms with Crippen molar-refractivity contribution in [3.05, 3.63) is 0 Å². The van der Waals surface area contributed by atoms with Crippen molar-refractivity contribution < 1.29 is 4.74 Å². The maximum atomic E-state index is 5.60. The first-order valence-corrected chi connectivity index (χ1v) is 7.25. The van der Waals surface area contributed by atoms with Crippen molar-refractivity contribution >= 4 is 0 Å². The highest BCUT2D eigenvalue weighted by Gasteiger charge is 2.27. The van der Waals surface area contributed by atoms with Crippen LogP contribution in [0.15, 0.2) is 0 Å². The first-order chi connectivity index (χ1) is 8.20. The summed E-state index contributed by atoms with van der Waals surface area (Å²) in [5.41, 5.74) is 0.321. The van der Waals surface area contributed by atoms with Crippen LogP contribution < -0.4 is 5.32 Å². The summed E-state index contributed by atoms with van der Waals surface area (Å²) in [6, 6.07) is 0. The Morgan fingerprint density at radius 2 is 2.00 bits per heavy atom. The number of rotatable bonds is 8. The summed E-state index contributed by atoms with van der Waals surface area (Å²) in [5.74, 6) is 0. The monoisotopic (exact) mass is 242 g/mol. The molecular formula is C14H30N2O. The van der Waals surface area contributed by atoms with Crippen molar-refractivity contribution in [3.8, 4) is 0 Å². The maximum absolute atomic E-state index is 5.60. The Hall–Kier alpha value is -0.120. The number of ether oxygens (including phenoxy) is 1. The first-order valence-electron chi connectivity index (χ1n) is 7.25. The molecule has 1 saturated heterocycles. The van der Waals surface area contributed by atoms with Crippen molar-refractivity contribution in [2.75, 3.05) is 39.4 Å². The van der Waals surface area contributed by atoms with E-state index in [0.29, 0.717) is 5.54 Å². The van der Waals surface area contributed by atoms with E-state index < -0.39 is 0 Å². The van der Waals surface area contributed by atoms with Crippen LogP contribution in [-0.4, -0.2) is 49.8 Å². The van der Waals surface area contributed by atoms with E-state index in [0.717, 1.165) is 19.8 Å². The van der Waals surface area contributed by atoms with Crippen molar-refractivity contribution in [1.82, 2.24) is 10.2 Å². The van der Waals surface area contributed by atoms with Crippen LogP contribution in [0.5, 0.6) is 0 Å². The smallest absolute Gasteiger partial charge is 0.0478 e. The molecule has 0 saturated carbocycles. The number of nitrogens with one attached hydrogen (secondary N) is 1. The Kier molecular flexibility index (Phi) is 7.09. The molecule has 0 amide bonds. The molecule has 3 nitrogen and oxygen atoms in total. The molecule has 1 atom stereocenters. The molecule has 1 rings (SSSR count). The molecule has 1 heterocycles. The van der Waals surface area contributed by atoms with Crippen LogP contribution in [0.25, 0.3) is 0 Å². The number of hydrogen-bond acceptors (Lipinski definition) is 3. The molecule has 0 spiro atoms. The summed E-state index contributed by atoms with van der Waals surface area (Å²) in [7, 11) is 0. The van der Waals surface area contributed by atoms with Gasteiger partial charge in [0.25, 0.3) is 0 Å². The summed E-state index contributed by atoms with van der Waals surface area (Å²) in [4.78, 5) is 2.57. The first kappa shape index (κ1) is 14.9. The van der Waals surface area contributed by atoms with Crippen molar-refractivity contribution in [2.24, 2.45) is 0 Å². The van der Waals surface area contributed by atoms with Gasteiger partial charge < -0.3 is 15.0 Å². The molecule has 0 aromatic heterocycles. The maximum Gasteiger partial charge on any atom is 0.0478 e. The minimum Gasteiger partial charge on any atom is -0.381 e. The third-order valence-corrected chi connectivity index (χ3v) is 3.74. The van der Waals surface area contributed by atoms with E-state index in [1.54, 1.807) is 0 Å². The lowest BCUT2D eigenvalue weighted by molar-refractivity contribution is 0.0986. The predicted molar refractivity (Wildman–Crippen MR) is 73.5 cm³/mol. The molecule has 1 aliphatic rings. The topological polar surface area (TPSA) is 24.5 Å². The largest absolute Gasteiger partial charge is 0.381 e. The normalized spacial score (nSPS) is 26.3. The van der Waals surface area contributed by atoms with E-state index in [4.69, 9.17) is 4.74 Å². The number of hydrogen-bond donors (Lipinski definition) is 1. The number of unbranched alkanes of at least 4 members (excludes halogenated alkanes) is 1. The SMILES string of the molecule is CCCCOCCCN1CCNC(C)(CC)C1. The molecule has 0 radical (unpaired) electrons. The Balaban J connectivity index is 2.06. The van der Waals surface area contributed by atoms with Crippen LogP contribution >= 0.6 is 0 Å².